The van der Waals surface area contributed by atoms with Gasteiger partial charge >= 0.3 is 0 Å². The average Bonchev–Trinajstić information content (AvgIpc) is 2.89. The number of aliphatic hydroxyl groups excluding tert-OH is 1. The molecule has 4 nitrogen and oxygen atoms in total. The predicted octanol–water partition coefficient (Wildman–Crippen LogP) is 2.42. The van der Waals surface area contributed by atoms with Crippen molar-refractivity contribution in [2.45, 2.75) is 58.2 Å². The highest BCUT2D eigenvalue weighted by atomic mass is 16.5. The zero-order valence-corrected chi connectivity index (χ0v) is 11.6. The van der Waals surface area contributed by atoms with Crippen molar-refractivity contribution >= 4 is 0 Å². The summed E-state index contributed by atoms with van der Waals surface area (Å²) in [6.45, 7) is 4.89. The molecule has 18 heavy (non-hydrogen) atoms. The molecule has 0 aromatic carbocycles. The lowest BCUT2D eigenvalue weighted by molar-refractivity contribution is 0.0943. The number of hydrogen-bond acceptors (Lipinski definition) is 3. The first-order valence-electron chi connectivity index (χ1n) is 6.89. The van der Waals surface area contributed by atoms with Gasteiger partial charge in [0.1, 0.15) is 0 Å². The van der Waals surface area contributed by atoms with Gasteiger partial charge in [-0.1, -0.05) is 0 Å². The zero-order chi connectivity index (χ0) is 13.1. The monoisotopic (exact) mass is 252 g/mol. The van der Waals surface area contributed by atoms with Gasteiger partial charge in [0.2, 0.25) is 0 Å². The summed E-state index contributed by atoms with van der Waals surface area (Å²) in [7, 11) is 1.92. The molecular formula is C14H24N2O2. The zero-order valence-electron chi connectivity index (χ0n) is 11.6. The summed E-state index contributed by atoms with van der Waals surface area (Å²) < 4.78 is 7.44. The van der Waals surface area contributed by atoms with Crippen molar-refractivity contribution in [3.8, 4) is 0 Å². The third-order valence-corrected chi connectivity index (χ3v) is 3.93. The van der Waals surface area contributed by atoms with Gasteiger partial charge in [0.15, 0.2) is 0 Å². The minimum absolute atomic E-state index is 0.389. The molecule has 0 spiro atoms. The third-order valence-electron chi connectivity index (χ3n) is 3.93. The Morgan fingerprint density at radius 1 is 1.50 bits per heavy atom. The summed E-state index contributed by atoms with van der Waals surface area (Å²) in [5.41, 5.74) is 3.02. The standard InChI is InChI=1S/C14H24N2O2/c1-10-14(11(2)16(3)15-10)13(17)8-4-6-12-7-5-9-18-12/h12-13,17H,4-9H2,1-3H3. The molecule has 0 aliphatic carbocycles. The Hall–Kier alpha value is -0.870. The van der Waals surface area contributed by atoms with Crippen LogP contribution in [0.4, 0.5) is 0 Å². The van der Waals surface area contributed by atoms with E-state index in [1.807, 2.05) is 25.6 Å². The van der Waals surface area contributed by atoms with E-state index in [0.717, 1.165) is 42.8 Å². The van der Waals surface area contributed by atoms with Gasteiger partial charge in [0, 0.05) is 24.9 Å². The van der Waals surface area contributed by atoms with Gasteiger partial charge in [-0.15, -0.1) is 0 Å². The Kier molecular flexibility index (Phi) is 4.40. The first kappa shape index (κ1) is 13.6. The predicted molar refractivity (Wildman–Crippen MR) is 70.5 cm³/mol. The fourth-order valence-electron chi connectivity index (χ4n) is 2.83. The first-order chi connectivity index (χ1) is 8.59. The maximum Gasteiger partial charge on any atom is 0.0825 e. The molecular weight excluding hydrogens is 228 g/mol. The van der Waals surface area contributed by atoms with E-state index in [1.54, 1.807) is 0 Å². The minimum Gasteiger partial charge on any atom is -0.388 e. The second-order valence-corrected chi connectivity index (χ2v) is 5.29. The molecule has 102 valence electrons. The van der Waals surface area contributed by atoms with E-state index in [1.165, 1.54) is 12.8 Å². The molecule has 1 aromatic heterocycles. The first-order valence-corrected chi connectivity index (χ1v) is 6.89. The average molecular weight is 252 g/mol. The van der Waals surface area contributed by atoms with Crippen LogP contribution in [0.2, 0.25) is 0 Å². The molecule has 2 heterocycles. The Morgan fingerprint density at radius 3 is 2.83 bits per heavy atom. The second kappa shape index (κ2) is 5.85. The minimum atomic E-state index is -0.389. The van der Waals surface area contributed by atoms with E-state index in [-0.39, 0.29) is 6.10 Å². The Labute approximate surface area is 109 Å². The molecule has 2 unspecified atom stereocenters. The van der Waals surface area contributed by atoms with E-state index in [4.69, 9.17) is 4.74 Å². The SMILES string of the molecule is Cc1nn(C)c(C)c1C(O)CCCC1CCCO1. The summed E-state index contributed by atoms with van der Waals surface area (Å²) in [6, 6.07) is 0. The van der Waals surface area contributed by atoms with E-state index in [2.05, 4.69) is 5.10 Å². The summed E-state index contributed by atoms with van der Waals surface area (Å²) in [4.78, 5) is 0. The molecule has 0 amide bonds. The smallest absolute Gasteiger partial charge is 0.0825 e. The van der Waals surface area contributed by atoms with Crippen LogP contribution in [0.1, 0.15) is 55.2 Å². The molecule has 1 N–H and O–H groups in total. The molecule has 1 aliphatic heterocycles. The van der Waals surface area contributed by atoms with E-state index < -0.39 is 0 Å². The van der Waals surface area contributed by atoms with Crippen molar-refractivity contribution in [1.82, 2.24) is 9.78 Å². The molecule has 1 aromatic rings. The number of aliphatic hydroxyl groups is 1. The fraction of sp³-hybridized carbons (Fsp3) is 0.786. The van der Waals surface area contributed by atoms with Gasteiger partial charge in [0.05, 0.1) is 17.9 Å². The highest BCUT2D eigenvalue weighted by Crippen LogP contribution is 2.26. The fourth-order valence-corrected chi connectivity index (χ4v) is 2.83. The highest BCUT2D eigenvalue weighted by Gasteiger charge is 2.19. The van der Waals surface area contributed by atoms with Crippen molar-refractivity contribution in [1.29, 1.82) is 0 Å². The number of rotatable bonds is 5. The van der Waals surface area contributed by atoms with Crippen LogP contribution in [0, 0.1) is 13.8 Å². The lowest BCUT2D eigenvalue weighted by atomic mass is 10.0. The number of nitrogens with zero attached hydrogens (tertiary/aromatic N) is 2. The molecule has 0 saturated carbocycles. The van der Waals surface area contributed by atoms with Gasteiger partial charge < -0.3 is 9.84 Å². The summed E-state index contributed by atoms with van der Waals surface area (Å²) >= 11 is 0. The van der Waals surface area contributed by atoms with Gasteiger partial charge in [0.25, 0.3) is 0 Å². The van der Waals surface area contributed by atoms with Gasteiger partial charge in [-0.2, -0.15) is 5.10 Å². The van der Waals surface area contributed by atoms with Crippen molar-refractivity contribution < 1.29 is 9.84 Å². The van der Waals surface area contributed by atoms with Crippen LogP contribution in [0.25, 0.3) is 0 Å². The van der Waals surface area contributed by atoms with Crippen molar-refractivity contribution in [3.63, 3.8) is 0 Å². The van der Waals surface area contributed by atoms with Crippen LogP contribution in [-0.4, -0.2) is 27.6 Å². The Bertz CT molecular complexity index is 395. The van der Waals surface area contributed by atoms with E-state index >= 15 is 0 Å². The van der Waals surface area contributed by atoms with Crippen LogP contribution in [0.5, 0.6) is 0 Å². The van der Waals surface area contributed by atoms with Crippen molar-refractivity contribution in [2.24, 2.45) is 7.05 Å². The van der Waals surface area contributed by atoms with Crippen LogP contribution in [-0.2, 0) is 11.8 Å². The number of aryl methyl sites for hydroxylation is 2. The molecule has 2 rings (SSSR count). The van der Waals surface area contributed by atoms with Crippen LogP contribution < -0.4 is 0 Å². The quantitative estimate of drug-likeness (QED) is 0.875. The summed E-state index contributed by atoms with van der Waals surface area (Å²) in [6.07, 6.45) is 5.28. The lowest BCUT2D eigenvalue weighted by Gasteiger charge is -2.13. The van der Waals surface area contributed by atoms with Crippen LogP contribution >= 0.6 is 0 Å². The molecule has 2 atom stereocenters. The Morgan fingerprint density at radius 2 is 2.28 bits per heavy atom. The molecule has 0 radical (unpaired) electrons. The highest BCUT2D eigenvalue weighted by molar-refractivity contribution is 5.26. The maximum absolute atomic E-state index is 10.3. The van der Waals surface area contributed by atoms with E-state index in [0.29, 0.717) is 6.10 Å². The van der Waals surface area contributed by atoms with Crippen molar-refractivity contribution in [3.05, 3.63) is 17.0 Å². The maximum atomic E-state index is 10.3. The van der Waals surface area contributed by atoms with Crippen molar-refractivity contribution in [2.75, 3.05) is 6.61 Å². The lowest BCUT2D eigenvalue weighted by Crippen LogP contribution is -2.07. The third kappa shape index (κ3) is 2.93. The second-order valence-electron chi connectivity index (χ2n) is 5.29. The topological polar surface area (TPSA) is 47.3 Å². The van der Waals surface area contributed by atoms with Gasteiger partial charge in [-0.05, 0) is 46.0 Å². The normalized spacial score (nSPS) is 21.4. The molecule has 4 heteroatoms. The van der Waals surface area contributed by atoms with Crippen LogP contribution in [0.15, 0.2) is 0 Å². The molecule has 1 fully saturated rings. The number of aromatic nitrogens is 2. The largest absolute Gasteiger partial charge is 0.388 e. The van der Waals surface area contributed by atoms with Crippen LogP contribution in [0.3, 0.4) is 0 Å². The number of hydrogen-bond donors (Lipinski definition) is 1. The number of ether oxygens (including phenoxy) is 1. The Balaban J connectivity index is 1.85. The van der Waals surface area contributed by atoms with Gasteiger partial charge in [-0.25, -0.2) is 0 Å². The molecule has 0 bridgehead atoms. The van der Waals surface area contributed by atoms with Gasteiger partial charge in [-0.3, -0.25) is 4.68 Å². The molecule has 1 saturated heterocycles. The summed E-state index contributed by atoms with van der Waals surface area (Å²) in [5, 5.41) is 14.6. The van der Waals surface area contributed by atoms with E-state index in [9.17, 15) is 5.11 Å². The molecule has 1 aliphatic rings. The summed E-state index contributed by atoms with van der Waals surface area (Å²) in [5.74, 6) is 0.